The normalized spacial score (nSPS) is 22.6. The van der Waals surface area contributed by atoms with Crippen LogP contribution in [0.1, 0.15) is 26.7 Å². The van der Waals surface area contributed by atoms with Gasteiger partial charge in [0, 0.05) is 25.7 Å². The van der Waals surface area contributed by atoms with Gasteiger partial charge in [0.05, 0.1) is 0 Å². The molecule has 1 heterocycles. The molecular weight excluding hydrogens is 234 g/mol. The van der Waals surface area contributed by atoms with Gasteiger partial charge < -0.3 is 20.2 Å². The minimum Gasteiger partial charge on any atom is -0.480 e. The average Bonchev–Trinajstić information content (AvgIpc) is 2.27. The molecule has 2 amide bonds. The molecule has 1 aliphatic heterocycles. The number of nitrogens with one attached hydrogen (secondary N) is 1. The molecule has 0 spiro atoms. The Balaban J connectivity index is 2.55. The van der Waals surface area contributed by atoms with E-state index in [0.717, 1.165) is 19.5 Å². The lowest BCUT2D eigenvalue weighted by atomic mass is 10.1. The first-order valence-corrected chi connectivity index (χ1v) is 6.44. The summed E-state index contributed by atoms with van der Waals surface area (Å²) in [6.45, 7) is 6.16. The van der Waals surface area contributed by atoms with E-state index in [4.69, 9.17) is 5.11 Å². The van der Waals surface area contributed by atoms with E-state index in [9.17, 15) is 9.59 Å². The molecule has 1 unspecified atom stereocenters. The molecule has 1 saturated heterocycles. The van der Waals surface area contributed by atoms with Crippen molar-refractivity contribution in [2.45, 2.75) is 38.8 Å². The number of nitrogens with zero attached hydrogens (tertiary/aromatic N) is 2. The van der Waals surface area contributed by atoms with Gasteiger partial charge in [0.15, 0.2) is 0 Å². The summed E-state index contributed by atoms with van der Waals surface area (Å²) >= 11 is 0. The van der Waals surface area contributed by atoms with Gasteiger partial charge in [0.1, 0.15) is 6.04 Å². The Morgan fingerprint density at radius 1 is 1.44 bits per heavy atom. The van der Waals surface area contributed by atoms with Crippen molar-refractivity contribution < 1.29 is 14.7 Å². The third kappa shape index (κ3) is 3.87. The van der Waals surface area contributed by atoms with Gasteiger partial charge in [0.2, 0.25) is 0 Å². The number of rotatable bonds is 4. The zero-order valence-corrected chi connectivity index (χ0v) is 11.3. The van der Waals surface area contributed by atoms with Crippen molar-refractivity contribution >= 4 is 12.0 Å². The number of urea groups is 1. The summed E-state index contributed by atoms with van der Waals surface area (Å²) in [5.41, 5.74) is 0. The Kier molecular flexibility index (Phi) is 5.40. The molecular formula is C12H23N3O3. The van der Waals surface area contributed by atoms with E-state index in [1.807, 2.05) is 20.9 Å². The number of hydrogen-bond donors (Lipinski definition) is 2. The SMILES string of the molecule is CCC[C@@H](NC(=O)N1CCN(C)CC1C)C(=O)O. The molecule has 0 saturated carbocycles. The number of likely N-dealkylation sites (N-methyl/N-ethyl adjacent to an activating group) is 1. The number of carboxylic acids is 1. The van der Waals surface area contributed by atoms with Crippen molar-refractivity contribution in [3.8, 4) is 0 Å². The van der Waals surface area contributed by atoms with E-state index in [1.54, 1.807) is 4.90 Å². The molecule has 1 aliphatic rings. The molecule has 0 radical (unpaired) electrons. The summed E-state index contributed by atoms with van der Waals surface area (Å²) in [6, 6.07) is -0.939. The van der Waals surface area contributed by atoms with Crippen molar-refractivity contribution in [2.24, 2.45) is 0 Å². The fraction of sp³-hybridized carbons (Fsp3) is 0.833. The van der Waals surface area contributed by atoms with Crippen LogP contribution in [0.5, 0.6) is 0 Å². The third-order valence-corrected chi connectivity index (χ3v) is 3.26. The highest BCUT2D eigenvalue weighted by Crippen LogP contribution is 2.09. The molecule has 2 N–H and O–H groups in total. The van der Waals surface area contributed by atoms with Crippen LogP contribution in [0.3, 0.4) is 0 Å². The highest BCUT2D eigenvalue weighted by Gasteiger charge is 2.28. The summed E-state index contributed by atoms with van der Waals surface area (Å²) < 4.78 is 0. The van der Waals surface area contributed by atoms with Crippen molar-refractivity contribution in [2.75, 3.05) is 26.7 Å². The smallest absolute Gasteiger partial charge is 0.326 e. The maximum absolute atomic E-state index is 12.0. The van der Waals surface area contributed by atoms with Crippen LogP contribution in [0.4, 0.5) is 4.79 Å². The van der Waals surface area contributed by atoms with E-state index in [0.29, 0.717) is 13.0 Å². The van der Waals surface area contributed by atoms with E-state index in [-0.39, 0.29) is 12.1 Å². The Hall–Kier alpha value is -1.30. The predicted molar refractivity (Wildman–Crippen MR) is 68.5 cm³/mol. The molecule has 104 valence electrons. The third-order valence-electron chi connectivity index (χ3n) is 3.26. The molecule has 6 heteroatoms. The van der Waals surface area contributed by atoms with Gasteiger partial charge in [-0.15, -0.1) is 0 Å². The Morgan fingerprint density at radius 2 is 2.11 bits per heavy atom. The van der Waals surface area contributed by atoms with Gasteiger partial charge in [-0.3, -0.25) is 0 Å². The second-order valence-corrected chi connectivity index (χ2v) is 4.93. The maximum Gasteiger partial charge on any atom is 0.326 e. The van der Waals surface area contributed by atoms with Crippen molar-refractivity contribution in [1.82, 2.24) is 15.1 Å². The van der Waals surface area contributed by atoms with Crippen LogP contribution in [0, 0.1) is 0 Å². The number of aliphatic carboxylic acids is 1. The number of carbonyl (C=O) groups is 2. The molecule has 1 fully saturated rings. The molecule has 0 aromatic heterocycles. The van der Waals surface area contributed by atoms with Crippen LogP contribution in [-0.4, -0.2) is 65.7 Å². The Morgan fingerprint density at radius 3 is 2.61 bits per heavy atom. The molecule has 2 atom stereocenters. The van der Waals surface area contributed by atoms with E-state index in [1.165, 1.54) is 0 Å². The van der Waals surface area contributed by atoms with Crippen LogP contribution in [0.2, 0.25) is 0 Å². The van der Waals surface area contributed by atoms with E-state index >= 15 is 0 Å². The highest BCUT2D eigenvalue weighted by molar-refractivity contribution is 5.82. The molecule has 0 aliphatic carbocycles. The first-order chi connectivity index (χ1) is 8.45. The standard InChI is InChI=1S/C12H23N3O3/c1-4-5-10(11(16)17)13-12(18)15-7-6-14(3)8-9(15)2/h9-10H,4-8H2,1-3H3,(H,13,18)(H,16,17)/t9?,10-/m1/s1. The van der Waals surface area contributed by atoms with Crippen molar-refractivity contribution in [1.29, 1.82) is 0 Å². The minimum absolute atomic E-state index is 0.111. The lowest BCUT2D eigenvalue weighted by molar-refractivity contribution is -0.139. The Labute approximate surface area is 108 Å². The summed E-state index contributed by atoms with van der Waals surface area (Å²) in [5.74, 6) is -0.966. The summed E-state index contributed by atoms with van der Waals surface area (Å²) in [5, 5.41) is 11.6. The molecule has 0 aromatic rings. The zero-order chi connectivity index (χ0) is 13.7. The minimum atomic E-state index is -0.966. The lowest BCUT2D eigenvalue weighted by Gasteiger charge is -2.38. The van der Waals surface area contributed by atoms with Gasteiger partial charge in [-0.2, -0.15) is 0 Å². The zero-order valence-electron chi connectivity index (χ0n) is 11.3. The molecule has 6 nitrogen and oxygen atoms in total. The van der Waals surface area contributed by atoms with Crippen LogP contribution in [0.25, 0.3) is 0 Å². The van der Waals surface area contributed by atoms with Gasteiger partial charge >= 0.3 is 12.0 Å². The summed E-state index contributed by atoms with van der Waals surface area (Å²) in [7, 11) is 2.02. The quantitative estimate of drug-likeness (QED) is 0.773. The van der Waals surface area contributed by atoms with E-state index < -0.39 is 12.0 Å². The van der Waals surface area contributed by atoms with Crippen LogP contribution >= 0.6 is 0 Å². The molecule has 0 aromatic carbocycles. The van der Waals surface area contributed by atoms with E-state index in [2.05, 4.69) is 10.2 Å². The van der Waals surface area contributed by atoms with Crippen LogP contribution in [0.15, 0.2) is 0 Å². The second kappa shape index (κ2) is 6.58. The fourth-order valence-electron chi connectivity index (χ4n) is 2.22. The lowest BCUT2D eigenvalue weighted by Crippen LogP contribution is -2.57. The summed E-state index contributed by atoms with van der Waals surface area (Å²) in [4.78, 5) is 26.9. The predicted octanol–water partition coefficient (Wildman–Crippen LogP) is 0.585. The van der Waals surface area contributed by atoms with Gasteiger partial charge in [-0.25, -0.2) is 9.59 Å². The highest BCUT2D eigenvalue weighted by atomic mass is 16.4. The molecule has 1 rings (SSSR count). The largest absolute Gasteiger partial charge is 0.480 e. The number of hydrogen-bond acceptors (Lipinski definition) is 3. The van der Waals surface area contributed by atoms with Crippen LogP contribution < -0.4 is 5.32 Å². The number of piperazine rings is 1. The Bertz CT molecular complexity index is 309. The molecule has 0 bridgehead atoms. The first-order valence-electron chi connectivity index (χ1n) is 6.44. The topological polar surface area (TPSA) is 72.9 Å². The maximum atomic E-state index is 12.0. The molecule has 18 heavy (non-hydrogen) atoms. The summed E-state index contributed by atoms with van der Waals surface area (Å²) in [6.07, 6.45) is 1.19. The van der Waals surface area contributed by atoms with Gasteiger partial charge in [-0.05, 0) is 20.4 Å². The van der Waals surface area contributed by atoms with Gasteiger partial charge in [0.25, 0.3) is 0 Å². The van der Waals surface area contributed by atoms with Crippen LogP contribution in [-0.2, 0) is 4.79 Å². The monoisotopic (exact) mass is 257 g/mol. The second-order valence-electron chi connectivity index (χ2n) is 4.93. The number of carboxylic acid groups (broad SMARTS) is 1. The average molecular weight is 257 g/mol. The van der Waals surface area contributed by atoms with Gasteiger partial charge in [-0.1, -0.05) is 13.3 Å². The number of carbonyl (C=O) groups excluding carboxylic acids is 1. The number of amides is 2. The van der Waals surface area contributed by atoms with Crippen molar-refractivity contribution in [3.05, 3.63) is 0 Å². The van der Waals surface area contributed by atoms with Crippen molar-refractivity contribution in [3.63, 3.8) is 0 Å². The fourth-order valence-corrected chi connectivity index (χ4v) is 2.22. The first kappa shape index (κ1) is 14.8.